The smallest absolute Gasteiger partial charge is 0.330 e. The summed E-state index contributed by atoms with van der Waals surface area (Å²) in [5, 5.41) is -0.483. The highest BCUT2D eigenvalue weighted by molar-refractivity contribution is 7.87. The lowest BCUT2D eigenvalue weighted by Gasteiger charge is -2.33. The third kappa shape index (κ3) is 6.98. The molecule has 2 aliphatic heterocycles. The largest absolute Gasteiger partial charge is 0.376 e. The Kier molecular flexibility index (Phi) is 10.3. The monoisotopic (exact) mass is 489 g/mol. The normalized spacial score (nSPS) is 26.9. The molecule has 0 amide bonds. The zero-order valence-electron chi connectivity index (χ0n) is 20.5. The molecular formula is C22H39N3O7S. The maximum atomic E-state index is 12.4. The Hall–Kier alpha value is -1.53. The summed E-state index contributed by atoms with van der Waals surface area (Å²) in [6.07, 6.45) is 1.25. The van der Waals surface area contributed by atoms with E-state index in [0.29, 0.717) is 32.5 Å². The molecule has 2 saturated heterocycles. The first-order chi connectivity index (χ1) is 15.6. The van der Waals surface area contributed by atoms with Crippen LogP contribution in [0, 0.1) is 11.8 Å². The summed E-state index contributed by atoms with van der Waals surface area (Å²) >= 11 is 0. The molecule has 1 N–H and O–H groups in total. The van der Waals surface area contributed by atoms with Crippen molar-refractivity contribution in [1.29, 1.82) is 0 Å². The van der Waals surface area contributed by atoms with E-state index in [1.807, 2.05) is 34.6 Å². The minimum absolute atomic E-state index is 0.00431. The molecule has 0 aliphatic carbocycles. The van der Waals surface area contributed by atoms with Gasteiger partial charge in [0.15, 0.2) is 6.23 Å². The topological polar surface area (TPSA) is 120 Å². The molecule has 3 rings (SSSR count). The molecule has 4 unspecified atom stereocenters. The molecule has 11 heteroatoms. The van der Waals surface area contributed by atoms with Crippen molar-refractivity contribution in [2.24, 2.45) is 11.8 Å². The molecule has 3 heterocycles. The zero-order chi connectivity index (χ0) is 24.8. The van der Waals surface area contributed by atoms with Gasteiger partial charge in [-0.1, -0.05) is 34.6 Å². The Balaban J connectivity index is 0.00000187. The van der Waals surface area contributed by atoms with Crippen LogP contribution < -0.4 is 11.2 Å². The number of H-pyrrole nitrogens is 1. The van der Waals surface area contributed by atoms with Crippen LogP contribution in [-0.2, 0) is 23.8 Å². The summed E-state index contributed by atoms with van der Waals surface area (Å²) in [5.74, 6) is 0.164. The summed E-state index contributed by atoms with van der Waals surface area (Å²) in [6.45, 7) is 11.9. The number of aromatic nitrogens is 2. The van der Waals surface area contributed by atoms with Crippen LogP contribution in [0.1, 0.15) is 53.7 Å². The first kappa shape index (κ1) is 27.7. The van der Waals surface area contributed by atoms with Crippen molar-refractivity contribution in [3.8, 4) is 0 Å². The number of hydrogen-bond donors (Lipinski definition) is 1. The van der Waals surface area contributed by atoms with E-state index in [-0.39, 0.29) is 30.7 Å². The Bertz CT molecular complexity index is 951. The average molecular weight is 490 g/mol. The lowest BCUT2D eigenvalue weighted by Crippen LogP contribution is -2.44. The Morgan fingerprint density at radius 3 is 2.39 bits per heavy atom. The number of nitrogens with zero attached hydrogens (tertiary/aromatic N) is 2. The lowest BCUT2D eigenvalue weighted by molar-refractivity contribution is -0.0589. The third-order valence-corrected chi connectivity index (χ3v) is 7.80. The Morgan fingerprint density at radius 1 is 1.21 bits per heavy atom. The van der Waals surface area contributed by atoms with Crippen LogP contribution in [-0.4, -0.2) is 73.7 Å². The van der Waals surface area contributed by atoms with Crippen molar-refractivity contribution in [2.45, 2.75) is 71.1 Å². The van der Waals surface area contributed by atoms with E-state index in [9.17, 15) is 18.0 Å². The van der Waals surface area contributed by atoms with Gasteiger partial charge in [0.1, 0.15) is 6.10 Å². The van der Waals surface area contributed by atoms with Crippen molar-refractivity contribution in [3.63, 3.8) is 0 Å². The van der Waals surface area contributed by atoms with Gasteiger partial charge in [-0.3, -0.25) is 18.5 Å². The van der Waals surface area contributed by atoms with Crippen LogP contribution in [0.2, 0.25) is 0 Å². The number of rotatable bonds is 8. The van der Waals surface area contributed by atoms with Crippen molar-refractivity contribution in [3.05, 3.63) is 33.1 Å². The molecule has 2 aliphatic rings. The van der Waals surface area contributed by atoms with Gasteiger partial charge < -0.3 is 14.4 Å². The predicted molar refractivity (Wildman–Crippen MR) is 126 cm³/mol. The van der Waals surface area contributed by atoms with Crippen LogP contribution in [0.5, 0.6) is 0 Å². The van der Waals surface area contributed by atoms with E-state index >= 15 is 0 Å². The lowest BCUT2D eigenvalue weighted by atomic mass is 9.99. The summed E-state index contributed by atoms with van der Waals surface area (Å²) in [7, 11) is -1.98. The molecular weight excluding hydrogens is 450 g/mol. The van der Waals surface area contributed by atoms with Crippen molar-refractivity contribution in [1.82, 2.24) is 14.5 Å². The molecule has 2 fully saturated rings. The van der Waals surface area contributed by atoms with Crippen LogP contribution in [0.3, 0.4) is 0 Å². The van der Waals surface area contributed by atoms with Crippen molar-refractivity contribution >= 4 is 10.1 Å². The first-order valence-electron chi connectivity index (χ1n) is 11.7. The fraction of sp³-hybridized carbons (Fsp3) is 0.818. The van der Waals surface area contributed by atoms with E-state index in [1.54, 1.807) is 7.11 Å². The zero-order valence-corrected chi connectivity index (χ0v) is 21.3. The average Bonchev–Trinajstić information content (AvgIpc) is 3.09. The summed E-state index contributed by atoms with van der Waals surface area (Å²) in [4.78, 5) is 28.0. The number of likely N-dealkylation sites (tertiary alicyclic amines) is 1. The predicted octanol–water partition coefficient (Wildman–Crippen LogP) is 1.58. The highest BCUT2D eigenvalue weighted by atomic mass is 32.2. The molecule has 1 aromatic heterocycles. The molecule has 0 spiro atoms. The number of methoxy groups -OCH3 is 1. The van der Waals surface area contributed by atoms with Crippen LogP contribution >= 0.6 is 0 Å². The number of hydrogen-bond acceptors (Lipinski definition) is 8. The van der Waals surface area contributed by atoms with E-state index in [4.69, 9.17) is 13.7 Å². The van der Waals surface area contributed by atoms with Crippen LogP contribution in [0.25, 0.3) is 0 Å². The van der Waals surface area contributed by atoms with Crippen molar-refractivity contribution < 1.29 is 22.1 Å². The second-order valence-electron chi connectivity index (χ2n) is 8.81. The van der Waals surface area contributed by atoms with Gasteiger partial charge in [-0.2, -0.15) is 8.42 Å². The molecule has 0 saturated carbocycles. The standard InChI is InChI=1S/C20H33N3O7S.C2H6/c1-13(2)12-29-31(26,27)15-5-8-22(9-6-15)11-16-14(3)18(28-4)19(30-16)23-10-7-17(24)21-20(23)25;1-2/h7,10,13-16,18-19H,5-6,8-9,11-12H2,1-4H3,(H,21,24,25);1-2H3. The minimum atomic E-state index is -3.55. The first-order valence-corrected chi connectivity index (χ1v) is 13.2. The number of ether oxygens (including phenoxy) is 2. The second kappa shape index (κ2) is 12.3. The van der Waals surface area contributed by atoms with E-state index in [2.05, 4.69) is 9.88 Å². The van der Waals surface area contributed by atoms with Gasteiger partial charge in [0.05, 0.1) is 18.0 Å². The molecule has 0 aromatic carbocycles. The number of piperidine rings is 1. The van der Waals surface area contributed by atoms with E-state index < -0.39 is 32.8 Å². The maximum Gasteiger partial charge on any atom is 0.330 e. The summed E-state index contributed by atoms with van der Waals surface area (Å²) in [5.41, 5.74) is -1.01. The maximum absolute atomic E-state index is 12.4. The van der Waals surface area contributed by atoms with Gasteiger partial charge in [-0.15, -0.1) is 0 Å². The van der Waals surface area contributed by atoms with Gasteiger partial charge in [-0.05, 0) is 31.8 Å². The highest BCUT2D eigenvalue weighted by Crippen LogP contribution is 2.35. The highest BCUT2D eigenvalue weighted by Gasteiger charge is 2.44. The van der Waals surface area contributed by atoms with Gasteiger partial charge in [0, 0.05) is 31.8 Å². The molecule has 1 aromatic rings. The molecule has 190 valence electrons. The molecule has 10 nitrogen and oxygen atoms in total. The third-order valence-electron chi connectivity index (χ3n) is 6.04. The molecule has 4 atom stereocenters. The SMILES string of the molecule is CC.COC1C(C)C(CN2CCC(S(=O)(=O)OCC(C)C)CC2)OC1n1ccc(=O)[nH]c1=O. The molecule has 0 bridgehead atoms. The Morgan fingerprint density at radius 2 is 1.85 bits per heavy atom. The number of aromatic amines is 1. The summed E-state index contributed by atoms with van der Waals surface area (Å²) < 4.78 is 43.1. The van der Waals surface area contributed by atoms with Gasteiger partial charge in [0.2, 0.25) is 0 Å². The second-order valence-corrected chi connectivity index (χ2v) is 10.7. The summed E-state index contributed by atoms with van der Waals surface area (Å²) in [6, 6.07) is 1.28. The van der Waals surface area contributed by atoms with Crippen molar-refractivity contribution in [2.75, 3.05) is 33.4 Å². The van der Waals surface area contributed by atoms with Crippen LogP contribution in [0.15, 0.2) is 21.9 Å². The Labute approximate surface area is 196 Å². The molecule has 33 heavy (non-hydrogen) atoms. The van der Waals surface area contributed by atoms with E-state index in [0.717, 1.165) is 0 Å². The van der Waals surface area contributed by atoms with Gasteiger partial charge >= 0.3 is 5.69 Å². The van der Waals surface area contributed by atoms with E-state index in [1.165, 1.54) is 16.8 Å². The van der Waals surface area contributed by atoms with Gasteiger partial charge in [-0.25, -0.2) is 4.79 Å². The fourth-order valence-corrected chi connectivity index (χ4v) is 5.65. The molecule has 0 radical (unpaired) electrons. The fourth-order valence-electron chi connectivity index (χ4n) is 4.21. The number of nitrogens with one attached hydrogen (secondary N) is 1. The van der Waals surface area contributed by atoms with Crippen LogP contribution in [0.4, 0.5) is 0 Å². The minimum Gasteiger partial charge on any atom is -0.376 e. The quantitative estimate of drug-likeness (QED) is 0.547. The van der Waals surface area contributed by atoms with Gasteiger partial charge in [0.25, 0.3) is 15.7 Å².